The van der Waals surface area contributed by atoms with Crippen LogP contribution in [0.4, 0.5) is 0 Å². The first-order valence-corrected chi connectivity index (χ1v) is 8.58. The third-order valence-corrected chi connectivity index (χ3v) is 4.36. The van der Waals surface area contributed by atoms with E-state index in [1.807, 2.05) is 0 Å². The number of aryl methyl sites for hydroxylation is 1. The van der Waals surface area contributed by atoms with Gasteiger partial charge in [-0.15, -0.1) is 0 Å². The van der Waals surface area contributed by atoms with E-state index < -0.39 is 5.82 Å². The maximum absolute atomic E-state index is 10.7. The Balaban J connectivity index is 0.000000224. The molecule has 3 heteroatoms. The average Bonchev–Trinajstić information content (AvgIpc) is 2.66. The molecule has 0 bridgehead atoms. The zero-order valence-electron chi connectivity index (χ0n) is 15.5. The Morgan fingerprint density at radius 1 is 0.955 bits per heavy atom. The normalized spacial score (nSPS) is 17.0. The molecular weight excluding hydrogens is 276 g/mol. The molecule has 1 saturated carbocycles. The van der Waals surface area contributed by atoms with Crippen LogP contribution in [0.5, 0.6) is 0 Å². The van der Waals surface area contributed by atoms with E-state index in [0.717, 1.165) is 12.3 Å². The lowest BCUT2D eigenvalue weighted by atomic mass is 9.72. The number of hydrogen-bond donors (Lipinski definition) is 0. The van der Waals surface area contributed by atoms with Crippen molar-refractivity contribution in [1.29, 1.82) is 0 Å². The highest BCUT2D eigenvalue weighted by Gasteiger charge is 2.25. The molecule has 1 fully saturated rings. The molecule has 3 nitrogen and oxygen atoms in total. The van der Waals surface area contributed by atoms with E-state index in [0.29, 0.717) is 16.9 Å². The fraction of sp³-hybridized carbons (Fsp3) is 0.842. The van der Waals surface area contributed by atoms with E-state index >= 15 is 0 Å². The zero-order chi connectivity index (χ0) is 17.0. The topological polar surface area (TPSA) is 43.4 Å². The lowest BCUT2D eigenvalue weighted by Crippen LogP contribution is -2.22. The van der Waals surface area contributed by atoms with Crippen LogP contribution in [0.3, 0.4) is 0 Å². The molecule has 128 valence electrons. The summed E-state index contributed by atoms with van der Waals surface area (Å²) in [5.41, 5.74) is 0.686. The minimum Gasteiger partial charge on any atom is -0.396 e. The molecule has 0 spiro atoms. The van der Waals surface area contributed by atoms with Gasteiger partial charge in [-0.05, 0) is 36.5 Å². The molecular formula is C19H34O3. The van der Waals surface area contributed by atoms with Crippen LogP contribution in [-0.2, 0) is 6.42 Å². The van der Waals surface area contributed by atoms with Crippen LogP contribution >= 0.6 is 0 Å². The van der Waals surface area contributed by atoms with Crippen molar-refractivity contribution in [3.8, 4) is 0 Å². The third kappa shape index (κ3) is 6.85. The van der Waals surface area contributed by atoms with Crippen LogP contribution in [0.15, 0.2) is 13.6 Å². The summed E-state index contributed by atoms with van der Waals surface area (Å²) in [4.78, 5) is 10.7. The fourth-order valence-electron chi connectivity index (χ4n) is 2.99. The molecule has 1 aromatic rings. The molecule has 1 aliphatic rings. The Morgan fingerprint density at radius 3 is 1.82 bits per heavy atom. The third-order valence-electron chi connectivity index (χ3n) is 4.36. The smallest absolute Gasteiger partial charge is 0.396 e. The van der Waals surface area contributed by atoms with Crippen molar-refractivity contribution in [3.05, 3.63) is 22.1 Å². The molecule has 2 rings (SSSR count). The molecule has 1 aromatic heterocycles. The van der Waals surface area contributed by atoms with E-state index in [1.165, 1.54) is 32.1 Å². The fourth-order valence-corrected chi connectivity index (χ4v) is 2.99. The molecule has 22 heavy (non-hydrogen) atoms. The predicted octanol–water partition coefficient (Wildman–Crippen LogP) is 5.74. The van der Waals surface area contributed by atoms with Gasteiger partial charge < -0.3 is 8.83 Å². The van der Waals surface area contributed by atoms with Gasteiger partial charge in [-0.2, -0.15) is 0 Å². The van der Waals surface area contributed by atoms with Gasteiger partial charge in [0.1, 0.15) is 11.5 Å². The van der Waals surface area contributed by atoms with Crippen molar-refractivity contribution in [3.63, 3.8) is 0 Å². The minimum absolute atomic E-state index is 0.116. The first kappa shape index (κ1) is 19.1. The summed E-state index contributed by atoms with van der Waals surface area (Å²) in [6.45, 7) is 15.1. The highest BCUT2D eigenvalue weighted by Crippen LogP contribution is 2.37. The van der Waals surface area contributed by atoms with Crippen molar-refractivity contribution < 1.29 is 8.83 Å². The van der Waals surface area contributed by atoms with Crippen LogP contribution < -0.4 is 5.82 Å². The van der Waals surface area contributed by atoms with Crippen LogP contribution in [0.2, 0.25) is 0 Å². The summed E-state index contributed by atoms with van der Waals surface area (Å²) in [6.07, 6.45) is 8.11. The van der Waals surface area contributed by atoms with Crippen molar-refractivity contribution in [2.75, 3.05) is 0 Å². The molecule has 1 aliphatic carbocycles. The monoisotopic (exact) mass is 310 g/mol. The van der Waals surface area contributed by atoms with Gasteiger partial charge >= 0.3 is 5.82 Å². The lowest BCUT2D eigenvalue weighted by Gasteiger charge is -2.33. The number of hydrogen-bond acceptors (Lipinski definition) is 3. The molecule has 0 aromatic carbocycles. The second kappa shape index (κ2) is 7.52. The minimum atomic E-state index is -0.605. The molecule has 0 atom stereocenters. The van der Waals surface area contributed by atoms with Gasteiger partial charge in [0.05, 0.1) is 0 Å². The van der Waals surface area contributed by atoms with Crippen molar-refractivity contribution in [2.24, 2.45) is 16.7 Å². The first-order valence-electron chi connectivity index (χ1n) is 8.58. The molecule has 0 saturated heterocycles. The van der Waals surface area contributed by atoms with Gasteiger partial charge in [0.2, 0.25) is 0 Å². The molecule has 0 radical (unpaired) electrons. The SMILES string of the molecule is CC(C)(C)C1CCCCC1.Cc1oc(=O)oc1CC(C)(C)C. The van der Waals surface area contributed by atoms with Gasteiger partial charge in [0.15, 0.2) is 0 Å². The lowest BCUT2D eigenvalue weighted by molar-refractivity contribution is 0.180. The van der Waals surface area contributed by atoms with E-state index in [-0.39, 0.29) is 5.41 Å². The van der Waals surface area contributed by atoms with Crippen molar-refractivity contribution in [2.45, 2.75) is 87.0 Å². The summed E-state index contributed by atoms with van der Waals surface area (Å²) in [5.74, 6) is 1.65. The van der Waals surface area contributed by atoms with E-state index in [9.17, 15) is 4.79 Å². The Bertz CT molecular complexity index is 488. The van der Waals surface area contributed by atoms with Crippen LogP contribution in [0.1, 0.15) is 85.2 Å². The average molecular weight is 310 g/mol. The largest absolute Gasteiger partial charge is 0.519 e. The Kier molecular flexibility index (Phi) is 6.51. The van der Waals surface area contributed by atoms with Gasteiger partial charge in [0, 0.05) is 6.42 Å². The van der Waals surface area contributed by atoms with Crippen molar-refractivity contribution >= 4 is 0 Å². The first-order chi connectivity index (χ1) is 9.99. The van der Waals surface area contributed by atoms with E-state index in [1.54, 1.807) is 6.92 Å². The van der Waals surface area contributed by atoms with Crippen molar-refractivity contribution in [1.82, 2.24) is 0 Å². The quantitative estimate of drug-likeness (QED) is 0.664. The summed E-state index contributed by atoms with van der Waals surface area (Å²) >= 11 is 0. The highest BCUT2D eigenvalue weighted by molar-refractivity contribution is 5.02. The second-order valence-corrected chi connectivity index (χ2v) is 8.87. The van der Waals surface area contributed by atoms with Crippen LogP contribution in [0.25, 0.3) is 0 Å². The standard InChI is InChI=1S/C10H20.C9H14O3/c1-10(2,3)9-7-5-4-6-8-9;1-6-7(5-9(2,3)4)12-8(10)11-6/h9H,4-8H2,1-3H3;5H2,1-4H3. The molecule has 1 heterocycles. The van der Waals surface area contributed by atoms with Gasteiger partial charge in [-0.25, -0.2) is 4.79 Å². The maximum Gasteiger partial charge on any atom is 0.519 e. The van der Waals surface area contributed by atoms with Gasteiger partial charge in [-0.3, -0.25) is 0 Å². The summed E-state index contributed by atoms with van der Waals surface area (Å²) < 4.78 is 9.61. The Hall–Kier alpha value is -0.990. The van der Waals surface area contributed by atoms with Gasteiger partial charge in [-0.1, -0.05) is 60.8 Å². The van der Waals surface area contributed by atoms with Gasteiger partial charge in [0.25, 0.3) is 0 Å². The molecule has 0 aliphatic heterocycles. The summed E-state index contributed by atoms with van der Waals surface area (Å²) in [7, 11) is 0. The summed E-state index contributed by atoms with van der Waals surface area (Å²) in [5, 5.41) is 0. The highest BCUT2D eigenvalue weighted by atomic mass is 16.6. The Morgan fingerprint density at radius 2 is 1.50 bits per heavy atom. The Labute approximate surface area is 135 Å². The summed E-state index contributed by atoms with van der Waals surface area (Å²) in [6, 6.07) is 0. The molecule has 0 N–H and O–H groups in total. The second-order valence-electron chi connectivity index (χ2n) is 8.87. The van der Waals surface area contributed by atoms with E-state index in [2.05, 4.69) is 41.5 Å². The maximum atomic E-state index is 10.7. The predicted molar refractivity (Wildman–Crippen MR) is 91.2 cm³/mol. The van der Waals surface area contributed by atoms with Crippen LogP contribution in [0, 0.1) is 23.7 Å². The zero-order valence-corrected chi connectivity index (χ0v) is 15.5. The molecule has 0 amide bonds. The molecule has 0 unspecified atom stereocenters. The number of rotatable bonds is 1. The van der Waals surface area contributed by atoms with Crippen LogP contribution in [-0.4, -0.2) is 0 Å². The van der Waals surface area contributed by atoms with E-state index in [4.69, 9.17) is 8.83 Å².